The predicted molar refractivity (Wildman–Crippen MR) is 117 cm³/mol. The van der Waals surface area contributed by atoms with Gasteiger partial charge in [0.15, 0.2) is 17.5 Å². The number of amides is 1. The molecule has 3 aromatic rings. The third-order valence-corrected chi connectivity index (χ3v) is 5.60. The molecule has 1 aliphatic heterocycles. The highest BCUT2D eigenvalue weighted by molar-refractivity contribution is 6.07. The second-order valence-corrected chi connectivity index (χ2v) is 7.78. The highest BCUT2D eigenvalue weighted by atomic mass is 19.4. The second-order valence-electron chi connectivity index (χ2n) is 7.78. The molecule has 174 valence electrons. The second kappa shape index (κ2) is 8.68. The Morgan fingerprint density at radius 2 is 1.82 bits per heavy atom. The van der Waals surface area contributed by atoms with Crippen LogP contribution in [0.2, 0.25) is 0 Å². The summed E-state index contributed by atoms with van der Waals surface area (Å²) in [4.78, 5) is 13.0. The summed E-state index contributed by atoms with van der Waals surface area (Å²) < 4.78 is 52.9. The molecule has 0 fully saturated rings. The summed E-state index contributed by atoms with van der Waals surface area (Å²) in [5.41, 5.74) is 2.11. The number of benzene rings is 2. The Kier molecular flexibility index (Phi) is 5.92. The molecule has 0 spiro atoms. The van der Waals surface area contributed by atoms with Crippen LogP contribution in [0, 0.1) is 6.92 Å². The number of carbonyl (C=O) groups excluding carboxylic acids is 1. The highest BCUT2D eigenvalue weighted by Gasteiger charge is 2.47. The lowest BCUT2D eigenvalue weighted by Crippen LogP contribution is -2.36. The van der Waals surface area contributed by atoms with Crippen LogP contribution in [-0.4, -0.2) is 36.1 Å². The Balaban J connectivity index is 1.66. The Morgan fingerprint density at radius 1 is 1.12 bits per heavy atom. The van der Waals surface area contributed by atoms with E-state index in [0.717, 1.165) is 16.4 Å². The van der Waals surface area contributed by atoms with Gasteiger partial charge in [-0.25, -0.2) is 4.68 Å². The summed E-state index contributed by atoms with van der Waals surface area (Å²) in [7, 11) is 2.95. The number of rotatable bonds is 5. The third-order valence-electron chi connectivity index (χ3n) is 5.60. The maximum Gasteiger partial charge on any atom is 0.410 e. The molecule has 2 aromatic carbocycles. The SMILES string of the molecule is COc1ccc(NC(=O)c2cnn3c2NC(c2ccc(C)cc2)CC3C(F)(F)F)cc1OC. The minimum absolute atomic E-state index is 0.0100. The van der Waals surface area contributed by atoms with E-state index >= 15 is 0 Å². The van der Waals surface area contributed by atoms with Crippen LogP contribution < -0.4 is 20.1 Å². The van der Waals surface area contributed by atoms with Gasteiger partial charge in [-0.15, -0.1) is 0 Å². The van der Waals surface area contributed by atoms with Crippen molar-refractivity contribution in [2.75, 3.05) is 24.9 Å². The van der Waals surface area contributed by atoms with E-state index in [1.165, 1.54) is 14.2 Å². The number of hydrogen-bond donors (Lipinski definition) is 2. The Hall–Kier alpha value is -3.69. The van der Waals surface area contributed by atoms with Crippen molar-refractivity contribution in [1.82, 2.24) is 9.78 Å². The van der Waals surface area contributed by atoms with Gasteiger partial charge in [-0.3, -0.25) is 4.79 Å². The lowest BCUT2D eigenvalue weighted by molar-refractivity contribution is -0.173. The molecule has 4 rings (SSSR count). The number of hydrogen-bond acceptors (Lipinski definition) is 5. The van der Waals surface area contributed by atoms with Crippen LogP contribution in [0.3, 0.4) is 0 Å². The number of methoxy groups -OCH3 is 2. The molecule has 1 amide bonds. The van der Waals surface area contributed by atoms with Gasteiger partial charge in [-0.1, -0.05) is 29.8 Å². The molecule has 0 saturated carbocycles. The fraction of sp³-hybridized carbons (Fsp3) is 0.304. The van der Waals surface area contributed by atoms with Crippen LogP contribution in [-0.2, 0) is 0 Å². The van der Waals surface area contributed by atoms with Gasteiger partial charge in [-0.05, 0) is 24.6 Å². The number of carbonyl (C=O) groups is 1. The lowest BCUT2D eigenvalue weighted by Gasteiger charge is -2.34. The van der Waals surface area contributed by atoms with Crippen molar-refractivity contribution in [3.05, 3.63) is 65.4 Å². The summed E-state index contributed by atoms with van der Waals surface area (Å²) in [5.74, 6) is 0.310. The van der Waals surface area contributed by atoms with E-state index in [4.69, 9.17) is 9.47 Å². The Labute approximate surface area is 188 Å². The average Bonchev–Trinajstić information content (AvgIpc) is 3.22. The molecule has 7 nitrogen and oxygen atoms in total. The first kappa shape index (κ1) is 22.5. The van der Waals surface area contributed by atoms with Crippen LogP contribution in [0.1, 0.15) is 40.0 Å². The molecule has 0 radical (unpaired) electrons. The number of nitrogens with zero attached hydrogens (tertiary/aromatic N) is 2. The normalized spacial score (nSPS) is 17.6. The van der Waals surface area contributed by atoms with Crippen LogP contribution in [0.15, 0.2) is 48.7 Å². The number of fused-ring (bicyclic) bond motifs is 1. The largest absolute Gasteiger partial charge is 0.493 e. The third kappa shape index (κ3) is 4.46. The van der Waals surface area contributed by atoms with Gasteiger partial charge < -0.3 is 20.1 Å². The lowest BCUT2D eigenvalue weighted by atomic mass is 9.96. The van der Waals surface area contributed by atoms with Gasteiger partial charge in [0, 0.05) is 18.2 Å². The van der Waals surface area contributed by atoms with Gasteiger partial charge in [-0.2, -0.15) is 18.3 Å². The van der Waals surface area contributed by atoms with Gasteiger partial charge >= 0.3 is 6.18 Å². The minimum Gasteiger partial charge on any atom is -0.493 e. The Bertz CT molecular complexity index is 1160. The van der Waals surface area contributed by atoms with E-state index in [1.807, 2.05) is 19.1 Å². The molecule has 1 aromatic heterocycles. The molecular formula is C23H23F3N4O3. The summed E-state index contributed by atoms with van der Waals surface area (Å²) in [6.07, 6.45) is -3.62. The van der Waals surface area contributed by atoms with Crippen molar-refractivity contribution in [3.63, 3.8) is 0 Å². The number of ether oxygens (including phenoxy) is 2. The van der Waals surface area contributed by atoms with Crippen LogP contribution in [0.5, 0.6) is 11.5 Å². The average molecular weight is 460 g/mol. The molecule has 2 unspecified atom stereocenters. The van der Waals surface area contributed by atoms with Crippen molar-refractivity contribution >= 4 is 17.4 Å². The van der Waals surface area contributed by atoms with Crippen molar-refractivity contribution in [1.29, 1.82) is 0 Å². The topological polar surface area (TPSA) is 77.4 Å². The number of halogens is 3. The molecule has 33 heavy (non-hydrogen) atoms. The first-order valence-electron chi connectivity index (χ1n) is 10.2. The standard InChI is InChI=1S/C23H23F3N4O3/c1-13-4-6-14(7-5-13)17-11-20(23(24,25)26)30-21(29-17)16(12-27-30)22(31)28-15-8-9-18(32-2)19(10-15)33-3/h4-10,12,17,20,29H,11H2,1-3H3,(H,28,31). The quantitative estimate of drug-likeness (QED) is 0.553. The predicted octanol–water partition coefficient (Wildman–Crippen LogP) is 5.12. The zero-order valence-corrected chi connectivity index (χ0v) is 18.2. The number of aryl methyl sites for hydroxylation is 1. The summed E-state index contributed by atoms with van der Waals surface area (Å²) in [6, 6.07) is 9.56. The van der Waals surface area contributed by atoms with Gasteiger partial charge in [0.1, 0.15) is 11.4 Å². The molecule has 2 heterocycles. The fourth-order valence-corrected chi connectivity index (χ4v) is 3.86. The Morgan fingerprint density at radius 3 is 2.45 bits per heavy atom. The molecule has 0 saturated heterocycles. The molecule has 0 aliphatic carbocycles. The van der Waals surface area contributed by atoms with E-state index < -0.39 is 24.2 Å². The maximum atomic E-state index is 13.9. The summed E-state index contributed by atoms with van der Waals surface area (Å²) in [5, 5.41) is 9.67. The number of aromatic nitrogens is 2. The van der Waals surface area contributed by atoms with Gasteiger partial charge in [0.2, 0.25) is 0 Å². The van der Waals surface area contributed by atoms with E-state index in [2.05, 4.69) is 15.7 Å². The molecule has 0 bridgehead atoms. The molecule has 2 N–H and O–H groups in total. The zero-order chi connectivity index (χ0) is 23.8. The first-order chi connectivity index (χ1) is 15.7. The van der Waals surface area contributed by atoms with Crippen LogP contribution >= 0.6 is 0 Å². The maximum absolute atomic E-state index is 13.9. The number of anilines is 2. The molecule has 1 aliphatic rings. The van der Waals surface area contributed by atoms with Crippen molar-refractivity contribution < 1.29 is 27.4 Å². The highest BCUT2D eigenvalue weighted by Crippen LogP contribution is 2.44. The van der Waals surface area contributed by atoms with E-state index in [1.54, 1.807) is 30.3 Å². The van der Waals surface area contributed by atoms with E-state index in [-0.39, 0.29) is 17.8 Å². The number of nitrogens with one attached hydrogen (secondary N) is 2. The van der Waals surface area contributed by atoms with Crippen LogP contribution in [0.4, 0.5) is 24.7 Å². The molecule has 2 atom stereocenters. The summed E-state index contributed by atoms with van der Waals surface area (Å²) in [6.45, 7) is 1.91. The van der Waals surface area contributed by atoms with Gasteiger partial charge in [0.05, 0.1) is 26.5 Å². The minimum atomic E-state index is -4.52. The van der Waals surface area contributed by atoms with E-state index in [0.29, 0.717) is 22.7 Å². The van der Waals surface area contributed by atoms with Crippen LogP contribution in [0.25, 0.3) is 0 Å². The number of alkyl halides is 3. The van der Waals surface area contributed by atoms with E-state index in [9.17, 15) is 18.0 Å². The smallest absolute Gasteiger partial charge is 0.410 e. The first-order valence-corrected chi connectivity index (χ1v) is 10.2. The summed E-state index contributed by atoms with van der Waals surface area (Å²) >= 11 is 0. The van der Waals surface area contributed by atoms with Crippen molar-refractivity contribution in [3.8, 4) is 11.5 Å². The zero-order valence-electron chi connectivity index (χ0n) is 18.2. The molecule has 10 heteroatoms. The van der Waals surface area contributed by atoms with Crippen molar-refractivity contribution in [2.24, 2.45) is 0 Å². The van der Waals surface area contributed by atoms with Gasteiger partial charge in [0.25, 0.3) is 5.91 Å². The molecular weight excluding hydrogens is 437 g/mol. The fourth-order valence-electron chi connectivity index (χ4n) is 3.86. The monoisotopic (exact) mass is 460 g/mol. The van der Waals surface area contributed by atoms with Crippen molar-refractivity contribution in [2.45, 2.75) is 31.6 Å².